The lowest BCUT2D eigenvalue weighted by Crippen LogP contribution is -2.26. The predicted octanol–water partition coefficient (Wildman–Crippen LogP) is -0.345. The average molecular weight is 207 g/mol. The van der Waals surface area contributed by atoms with Crippen LogP contribution >= 0.6 is 0 Å². The van der Waals surface area contributed by atoms with Crippen LogP contribution in [-0.2, 0) is 19.6 Å². The Kier molecular flexibility index (Phi) is 4.64. The summed E-state index contributed by atoms with van der Waals surface area (Å²) in [6, 6.07) is 0. The van der Waals surface area contributed by atoms with Crippen LogP contribution in [0.2, 0.25) is 0 Å². The first-order chi connectivity index (χ1) is 5.83. The Labute approximate surface area is 77.8 Å². The van der Waals surface area contributed by atoms with E-state index < -0.39 is 16.0 Å². The van der Waals surface area contributed by atoms with Crippen molar-refractivity contribution in [2.75, 3.05) is 19.4 Å². The summed E-state index contributed by atoms with van der Waals surface area (Å²) in [5, 5.41) is 0. The van der Waals surface area contributed by atoms with Crippen LogP contribution in [0.4, 0.5) is 0 Å². The Hall–Kier alpha value is -0.880. The molecule has 0 atom stereocenters. The summed E-state index contributed by atoms with van der Waals surface area (Å²) >= 11 is 0. The number of hydrogen-bond acceptors (Lipinski definition) is 4. The molecule has 0 fully saturated rings. The molecule has 0 aliphatic rings. The maximum Gasteiger partial charge on any atom is 0.333 e. The fourth-order valence-corrected chi connectivity index (χ4v) is 0.948. The van der Waals surface area contributed by atoms with Gasteiger partial charge in [0, 0.05) is 12.1 Å². The van der Waals surface area contributed by atoms with Gasteiger partial charge in [-0.1, -0.05) is 6.58 Å². The minimum Gasteiger partial charge on any atom is -0.461 e. The number of rotatable bonds is 5. The minimum atomic E-state index is -3.21. The Balaban J connectivity index is 3.59. The zero-order valence-electron chi connectivity index (χ0n) is 7.66. The summed E-state index contributed by atoms with van der Waals surface area (Å²) in [5.74, 6) is -0.518. The van der Waals surface area contributed by atoms with Gasteiger partial charge in [-0.15, -0.1) is 0 Å². The SMILES string of the molecule is C=C(C)C(=O)OCCNS(C)(=O)=O. The number of carbonyl (C=O) groups is 1. The molecule has 0 bridgehead atoms. The molecule has 0 saturated carbocycles. The van der Waals surface area contributed by atoms with Gasteiger partial charge in [-0.2, -0.15) is 0 Å². The third kappa shape index (κ3) is 7.48. The maximum atomic E-state index is 10.8. The molecule has 76 valence electrons. The van der Waals surface area contributed by atoms with E-state index in [0.717, 1.165) is 6.26 Å². The number of hydrogen-bond donors (Lipinski definition) is 1. The first-order valence-electron chi connectivity index (χ1n) is 3.60. The third-order valence-corrected chi connectivity index (χ3v) is 1.78. The first-order valence-corrected chi connectivity index (χ1v) is 5.49. The number of carbonyl (C=O) groups excluding carboxylic acids is 1. The van der Waals surface area contributed by atoms with Gasteiger partial charge in [-0.25, -0.2) is 17.9 Å². The lowest BCUT2D eigenvalue weighted by atomic mass is 10.4. The van der Waals surface area contributed by atoms with Gasteiger partial charge < -0.3 is 4.74 Å². The van der Waals surface area contributed by atoms with Gasteiger partial charge in [0.2, 0.25) is 10.0 Å². The highest BCUT2D eigenvalue weighted by Crippen LogP contribution is 1.90. The Morgan fingerprint density at radius 3 is 2.46 bits per heavy atom. The first kappa shape index (κ1) is 12.1. The molecular weight excluding hydrogens is 194 g/mol. The van der Waals surface area contributed by atoms with Crippen molar-refractivity contribution in [1.82, 2.24) is 4.72 Å². The molecule has 0 rings (SSSR count). The topological polar surface area (TPSA) is 72.5 Å². The van der Waals surface area contributed by atoms with E-state index in [4.69, 9.17) is 0 Å². The second-order valence-electron chi connectivity index (χ2n) is 2.58. The van der Waals surface area contributed by atoms with Gasteiger partial charge in [0.1, 0.15) is 6.61 Å². The van der Waals surface area contributed by atoms with E-state index in [1.54, 1.807) is 0 Å². The highest BCUT2D eigenvalue weighted by Gasteiger charge is 2.03. The molecule has 0 saturated heterocycles. The highest BCUT2D eigenvalue weighted by atomic mass is 32.2. The molecule has 0 aliphatic carbocycles. The molecule has 0 aliphatic heterocycles. The summed E-state index contributed by atoms with van der Waals surface area (Å²) in [7, 11) is -3.21. The predicted molar refractivity (Wildman–Crippen MR) is 48.6 cm³/mol. The Bertz CT molecular complexity index is 294. The molecule has 0 heterocycles. The molecule has 0 unspecified atom stereocenters. The van der Waals surface area contributed by atoms with E-state index in [0.29, 0.717) is 5.57 Å². The Morgan fingerprint density at radius 2 is 2.08 bits per heavy atom. The van der Waals surface area contributed by atoms with Crippen molar-refractivity contribution < 1.29 is 17.9 Å². The molecule has 1 N–H and O–H groups in total. The molecule has 5 nitrogen and oxygen atoms in total. The zero-order valence-corrected chi connectivity index (χ0v) is 8.48. The Morgan fingerprint density at radius 1 is 1.54 bits per heavy atom. The quantitative estimate of drug-likeness (QED) is 0.380. The van der Waals surface area contributed by atoms with Gasteiger partial charge in [-0.3, -0.25) is 0 Å². The summed E-state index contributed by atoms with van der Waals surface area (Å²) in [4.78, 5) is 10.8. The van der Waals surface area contributed by atoms with Gasteiger partial charge in [0.05, 0.1) is 6.26 Å². The molecule has 6 heteroatoms. The largest absolute Gasteiger partial charge is 0.461 e. The van der Waals surface area contributed by atoms with E-state index in [1.807, 2.05) is 0 Å². The van der Waals surface area contributed by atoms with E-state index in [-0.39, 0.29) is 13.2 Å². The molecular formula is C7H13NO4S. The van der Waals surface area contributed by atoms with E-state index in [9.17, 15) is 13.2 Å². The molecule has 0 amide bonds. The monoisotopic (exact) mass is 207 g/mol. The van der Waals surface area contributed by atoms with Crippen molar-refractivity contribution >= 4 is 16.0 Å². The van der Waals surface area contributed by atoms with E-state index in [2.05, 4.69) is 16.0 Å². The second-order valence-corrected chi connectivity index (χ2v) is 4.42. The average Bonchev–Trinajstić information content (AvgIpc) is 1.95. The standard InChI is InChI=1S/C7H13NO4S/c1-6(2)7(9)12-5-4-8-13(3,10)11/h8H,1,4-5H2,2-3H3. The molecule has 0 aromatic heterocycles. The van der Waals surface area contributed by atoms with Gasteiger partial charge in [0.15, 0.2) is 0 Å². The zero-order chi connectivity index (χ0) is 10.5. The summed E-state index contributed by atoms with van der Waals surface area (Å²) in [6.45, 7) is 4.98. The van der Waals surface area contributed by atoms with Crippen molar-refractivity contribution in [2.45, 2.75) is 6.92 Å². The summed E-state index contributed by atoms with van der Waals surface area (Å²) in [6.07, 6.45) is 1.04. The van der Waals surface area contributed by atoms with E-state index >= 15 is 0 Å². The van der Waals surface area contributed by atoms with Crippen molar-refractivity contribution in [3.05, 3.63) is 12.2 Å². The summed E-state index contributed by atoms with van der Waals surface area (Å²) in [5.41, 5.74) is 0.291. The molecule has 0 spiro atoms. The van der Waals surface area contributed by atoms with Crippen LogP contribution in [0.25, 0.3) is 0 Å². The molecule has 0 aromatic rings. The van der Waals surface area contributed by atoms with Crippen LogP contribution in [0.5, 0.6) is 0 Å². The maximum absolute atomic E-state index is 10.8. The van der Waals surface area contributed by atoms with Crippen molar-refractivity contribution in [3.63, 3.8) is 0 Å². The number of esters is 1. The molecule has 0 radical (unpaired) electrons. The normalized spacial score (nSPS) is 10.9. The van der Waals surface area contributed by atoms with Crippen molar-refractivity contribution in [1.29, 1.82) is 0 Å². The number of ether oxygens (including phenoxy) is 1. The van der Waals surface area contributed by atoms with Gasteiger partial charge in [-0.05, 0) is 6.92 Å². The van der Waals surface area contributed by atoms with Gasteiger partial charge >= 0.3 is 5.97 Å². The lowest BCUT2D eigenvalue weighted by molar-refractivity contribution is -0.138. The molecule has 13 heavy (non-hydrogen) atoms. The van der Waals surface area contributed by atoms with Crippen LogP contribution < -0.4 is 4.72 Å². The fraction of sp³-hybridized carbons (Fsp3) is 0.571. The lowest BCUT2D eigenvalue weighted by Gasteiger charge is -2.04. The summed E-state index contributed by atoms with van der Waals surface area (Å²) < 4.78 is 27.9. The highest BCUT2D eigenvalue weighted by molar-refractivity contribution is 7.88. The minimum absolute atomic E-state index is 0.0127. The van der Waals surface area contributed by atoms with Crippen LogP contribution in [0, 0.1) is 0 Å². The number of nitrogens with one attached hydrogen (secondary N) is 1. The smallest absolute Gasteiger partial charge is 0.333 e. The van der Waals surface area contributed by atoms with Crippen LogP contribution in [0.3, 0.4) is 0 Å². The second kappa shape index (κ2) is 4.98. The number of sulfonamides is 1. The van der Waals surface area contributed by atoms with Gasteiger partial charge in [0.25, 0.3) is 0 Å². The third-order valence-electron chi connectivity index (χ3n) is 1.05. The van der Waals surface area contributed by atoms with Crippen LogP contribution in [-0.4, -0.2) is 33.8 Å². The van der Waals surface area contributed by atoms with Crippen LogP contribution in [0.15, 0.2) is 12.2 Å². The fourth-order valence-electron chi connectivity index (χ4n) is 0.494. The van der Waals surface area contributed by atoms with Crippen molar-refractivity contribution in [3.8, 4) is 0 Å². The van der Waals surface area contributed by atoms with E-state index in [1.165, 1.54) is 6.92 Å². The van der Waals surface area contributed by atoms with Crippen molar-refractivity contribution in [2.24, 2.45) is 0 Å². The van der Waals surface area contributed by atoms with Crippen LogP contribution in [0.1, 0.15) is 6.92 Å². The molecule has 0 aromatic carbocycles.